The average molecular weight is 835 g/mol. The van der Waals surface area contributed by atoms with Crippen LogP contribution >= 0.6 is 0 Å². The van der Waals surface area contributed by atoms with E-state index >= 15 is 0 Å². The van der Waals surface area contributed by atoms with Gasteiger partial charge in [-0.2, -0.15) is 0 Å². The Bertz CT molecular complexity index is 2120. The van der Waals surface area contributed by atoms with Gasteiger partial charge in [-0.3, -0.25) is 28.9 Å². The van der Waals surface area contributed by atoms with Crippen molar-refractivity contribution in [3.05, 3.63) is 76.6 Å². The molecule has 5 aliphatic heterocycles. The fraction of sp³-hybridized carbons (Fsp3) is 0.543. The van der Waals surface area contributed by atoms with Gasteiger partial charge in [-0.25, -0.2) is 9.97 Å². The quantitative estimate of drug-likeness (QED) is 0.170. The molecule has 0 bridgehead atoms. The first-order valence-electron chi connectivity index (χ1n) is 22.2. The molecule has 2 aromatic heterocycles. The number of benzene rings is 1. The molecule has 1 unspecified atom stereocenters. The Morgan fingerprint density at radius 1 is 0.852 bits per heavy atom. The molecule has 3 fully saturated rings. The number of carbonyl (C=O) groups excluding carboxylic acids is 3. The Balaban J connectivity index is 0.847. The summed E-state index contributed by atoms with van der Waals surface area (Å²) in [7, 11) is 0. The number of aliphatic carboxylic acids is 2. The van der Waals surface area contributed by atoms with Crippen molar-refractivity contribution >= 4 is 47.0 Å². The Hall–Kier alpha value is -5.57. The predicted octanol–water partition coefficient (Wildman–Crippen LogP) is 4.22. The molecule has 3 aromatic rings. The van der Waals surface area contributed by atoms with E-state index in [-0.39, 0.29) is 43.1 Å². The molecule has 324 valence electrons. The number of piperidine rings is 2. The second-order valence-electron chi connectivity index (χ2n) is 17.5. The predicted molar refractivity (Wildman–Crippen MR) is 228 cm³/mol. The lowest BCUT2D eigenvalue weighted by Gasteiger charge is -2.37. The van der Waals surface area contributed by atoms with Gasteiger partial charge in [0.05, 0.1) is 5.92 Å². The molecule has 3 atom stereocenters. The van der Waals surface area contributed by atoms with E-state index in [1.165, 1.54) is 10.5 Å². The molecule has 5 aliphatic rings. The van der Waals surface area contributed by atoms with Crippen LogP contribution in [0, 0.1) is 17.8 Å². The number of carboxylic acids is 2. The molecule has 15 nitrogen and oxygen atoms in total. The number of aromatic nitrogens is 2. The molecule has 7 heterocycles. The van der Waals surface area contributed by atoms with Crippen molar-refractivity contribution in [2.24, 2.45) is 17.8 Å². The number of hydrogen-bond donors (Lipinski definition) is 4. The van der Waals surface area contributed by atoms with E-state index in [1.54, 1.807) is 0 Å². The maximum Gasteiger partial charge on any atom is 0.325 e. The summed E-state index contributed by atoms with van der Waals surface area (Å²) in [6.45, 7) is 4.35. The number of hydrogen-bond acceptors (Lipinski definition) is 10. The van der Waals surface area contributed by atoms with E-state index in [0.29, 0.717) is 57.0 Å². The van der Waals surface area contributed by atoms with Crippen LogP contribution in [0.4, 0.5) is 17.3 Å². The zero-order chi connectivity index (χ0) is 42.5. The number of fused-ring (bicyclic) bond motifs is 2. The van der Waals surface area contributed by atoms with Gasteiger partial charge in [0.25, 0.3) is 0 Å². The zero-order valence-electron chi connectivity index (χ0n) is 34.9. The number of pyridine rings is 2. The largest absolute Gasteiger partial charge is 0.480 e. The molecule has 0 aliphatic carbocycles. The number of carbonyl (C=O) groups is 5. The number of amides is 3. The SMILES string of the molecule is O=C(O)CN1CCC(C(=O)N2CCC(Cc3ccc4c(n3)N(c3cccc([C@H](C(=O)O)N5CC[C@@H](C(=O)NCCCc6ccc7c(n6)NCCC7)C5)c3)CCC4)CC2)CC1=O. The molecule has 3 amide bonds. The van der Waals surface area contributed by atoms with Crippen LogP contribution in [0.25, 0.3) is 0 Å². The summed E-state index contributed by atoms with van der Waals surface area (Å²) in [5, 5.41) is 26.1. The molecule has 3 saturated heterocycles. The van der Waals surface area contributed by atoms with Crippen molar-refractivity contribution in [2.45, 2.75) is 83.1 Å². The molecule has 0 spiro atoms. The monoisotopic (exact) mass is 834 g/mol. The van der Waals surface area contributed by atoms with Crippen LogP contribution in [0.1, 0.15) is 85.5 Å². The van der Waals surface area contributed by atoms with Crippen LogP contribution in [0.2, 0.25) is 0 Å². The number of anilines is 3. The minimum Gasteiger partial charge on any atom is -0.480 e. The third-order valence-corrected chi connectivity index (χ3v) is 13.3. The summed E-state index contributed by atoms with van der Waals surface area (Å²) in [6.07, 6.45) is 9.19. The highest BCUT2D eigenvalue weighted by molar-refractivity contribution is 5.88. The lowest BCUT2D eigenvalue weighted by molar-refractivity contribution is -0.150. The van der Waals surface area contributed by atoms with Crippen LogP contribution in [-0.2, 0) is 49.7 Å². The first kappa shape index (κ1) is 42.1. The standard InChI is InChI=1S/C46H58N8O7/c55-39-27-34(16-23-52(39)29-40(56)57)45(59)51-21-14-30(15-22-51)25-37-13-11-32-7-4-20-54(43(32)50-37)38-9-1-5-33(26-38)41(46(60)61)53-24-17-35(28-53)44(58)48-19-3-8-36-12-10-31-6-2-18-47-42(31)49-36/h1,5,9-13,26,30,34-35,41H,2-4,6-8,14-25,27-29H2,(H,47,49)(H,48,58)(H,56,57)(H,60,61)/t34?,35-,41-/m1/s1. The van der Waals surface area contributed by atoms with E-state index < -0.39 is 23.9 Å². The third-order valence-electron chi connectivity index (χ3n) is 13.3. The van der Waals surface area contributed by atoms with Crippen LogP contribution < -0.4 is 15.5 Å². The van der Waals surface area contributed by atoms with Gasteiger partial charge in [-0.15, -0.1) is 0 Å². The zero-order valence-corrected chi connectivity index (χ0v) is 34.9. The van der Waals surface area contributed by atoms with Gasteiger partial charge >= 0.3 is 11.9 Å². The van der Waals surface area contributed by atoms with E-state index in [0.717, 1.165) is 105 Å². The van der Waals surface area contributed by atoms with Crippen LogP contribution in [0.5, 0.6) is 0 Å². The van der Waals surface area contributed by atoms with Gasteiger partial charge in [0, 0.05) is 81.8 Å². The molecule has 61 heavy (non-hydrogen) atoms. The normalized spacial score (nSPS) is 21.3. The molecule has 4 N–H and O–H groups in total. The number of aryl methyl sites for hydroxylation is 3. The number of rotatable bonds is 14. The summed E-state index contributed by atoms with van der Waals surface area (Å²) in [5.41, 5.74) is 5.99. The number of carboxylic acid groups (broad SMARTS) is 2. The topological polar surface area (TPSA) is 189 Å². The molecular formula is C46H58N8O7. The van der Waals surface area contributed by atoms with E-state index in [4.69, 9.17) is 15.1 Å². The average Bonchev–Trinajstić information content (AvgIpc) is 3.75. The van der Waals surface area contributed by atoms with Gasteiger partial charge < -0.3 is 35.5 Å². The molecule has 15 heteroatoms. The van der Waals surface area contributed by atoms with E-state index in [9.17, 15) is 29.1 Å². The van der Waals surface area contributed by atoms with Gasteiger partial charge in [0.2, 0.25) is 17.7 Å². The molecule has 0 saturated carbocycles. The van der Waals surface area contributed by atoms with Gasteiger partial charge in [-0.1, -0.05) is 24.3 Å². The summed E-state index contributed by atoms with van der Waals surface area (Å²) in [6, 6.07) is 15.4. The van der Waals surface area contributed by atoms with Crippen molar-refractivity contribution in [1.82, 2.24) is 30.0 Å². The Morgan fingerprint density at radius 3 is 2.44 bits per heavy atom. The van der Waals surface area contributed by atoms with Gasteiger partial charge in [-0.05, 0) is 118 Å². The Labute approximate surface area is 356 Å². The molecule has 0 radical (unpaired) electrons. The number of likely N-dealkylation sites (tertiary alicyclic amines) is 3. The van der Waals surface area contributed by atoms with E-state index in [2.05, 4.69) is 39.8 Å². The highest BCUT2D eigenvalue weighted by Crippen LogP contribution is 2.36. The summed E-state index contributed by atoms with van der Waals surface area (Å²) < 4.78 is 0. The second kappa shape index (κ2) is 19.0. The minimum atomic E-state index is -1.05. The maximum absolute atomic E-state index is 13.3. The maximum atomic E-state index is 13.3. The first-order chi connectivity index (χ1) is 29.6. The molecular weight excluding hydrogens is 777 g/mol. The van der Waals surface area contributed by atoms with Gasteiger partial charge in [0.1, 0.15) is 24.2 Å². The lowest BCUT2D eigenvalue weighted by atomic mass is 9.89. The number of nitrogens with zero attached hydrogens (tertiary/aromatic N) is 6. The molecule has 1 aromatic carbocycles. The second-order valence-corrected chi connectivity index (χ2v) is 17.5. The Kier molecular flexibility index (Phi) is 13.1. The van der Waals surface area contributed by atoms with Gasteiger partial charge in [0.15, 0.2) is 0 Å². The van der Waals surface area contributed by atoms with Crippen molar-refractivity contribution in [1.29, 1.82) is 0 Å². The summed E-state index contributed by atoms with van der Waals surface area (Å²) >= 11 is 0. The molecule has 8 rings (SSSR count). The first-order valence-corrected chi connectivity index (χ1v) is 22.2. The third kappa shape index (κ3) is 9.98. The van der Waals surface area contributed by atoms with Crippen molar-refractivity contribution in [3.8, 4) is 0 Å². The van der Waals surface area contributed by atoms with Crippen LogP contribution in [-0.4, -0.2) is 123 Å². The lowest BCUT2D eigenvalue weighted by Crippen LogP contribution is -2.48. The van der Waals surface area contributed by atoms with Crippen molar-refractivity contribution in [2.75, 3.05) is 69.1 Å². The van der Waals surface area contributed by atoms with E-state index in [1.807, 2.05) is 34.1 Å². The van der Waals surface area contributed by atoms with Crippen molar-refractivity contribution < 1.29 is 34.2 Å². The number of nitrogens with one attached hydrogen (secondary N) is 2. The highest BCUT2D eigenvalue weighted by atomic mass is 16.4. The summed E-state index contributed by atoms with van der Waals surface area (Å²) in [4.78, 5) is 80.3. The Morgan fingerprint density at radius 2 is 1.64 bits per heavy atom. The van der Waals surface area contributed by atoms with Crippen LogP contribution in [0.15, 0.2) is 48.5 Å². The van der Waals surface area contributed by atoms with Crippen LogP contribution in [0.3, 0.4) is 0 Å². The fourth-order valence-corrected chi connectivity index (χ4v) is 9.92. The highest BCUT2D eigenvalue weighted by Gasteiger charge is 2.38. The summed E-state index contributed by atoms with van der Waals surface area (Å²) in [5.74, 6) is -0.739. The minimum absolute atomic E-state index is 0.00878. The smallest absolute Gasteiger partial charge is 0.325 e. The fourth-order valence-electron chi connectivity index (χ4n) is 9.92. The van der Waals surface area contributed by atoms with Crippen molar-refractivity contribution in [3.63, 3.8) is 0 Å².